The Morgan fingerprint density at radius 2 is 2.06 bits per heavy atom. The molecule has 0 aliphatic carbocycles. The van der Waals surface area contributed by atoms with Gasteiger partial charge in [-0.25, -0.2) is 4.98 Å². The van der Waals surface area contributed by atoms with Gasteiger partial charge in [0.15, 0.2) is 0 Å². The number of aryl methyl sites for hydroxylation is 3. The van der Waals surface area contributed by atoms with Crippen molar-refractivity contribution in [1.82, 2.24) is 4.98 Å². The molecule has 0 aliphatic rings. The zero-order chi connectivity index (χ0) is 13.3. The second-order valence-corrected chi connectivity index (χ2v) is 6.12. The average Bonchev–Trinajstić information content (AvgIpc) is 2.63. The maximum Gasteiger partial charge on any atom is 0.267 e. The molecule has 0 aliphatic heterocycles. The molecule has 0 atom stereocenters. The number of amides is 1. The number of carbonyl (C=O) groups is 1. The van der Waals surface area contributed by atoms with E-state index in [1.807, 2.05) is 39.0 Å². The molecule has 1 amide bonds. The third-order valence-corrected chi connectivity index (χ3v) is 4.49. The number of hydrogen-bond donors (Lipinski definition) is 1. The van der Waals surface area contributed by atoms with Crippen LogP contribution in [0.5, 0.6) is 0 Å². The molecule has 1 aromatic carbocycles. The van der Waals surface area contributed by atoms with Gasteiger partial charge in [0.25, 0.3) is 5.91 Å². The summed E-state index contributed by atoms with van der Waals surface area (Å²) in [6.45, 7) is 5.74. The molecule has 2 aromatic rings. The third kappa shape index (κ3) is 2.79. The highest BCUT2D eigenvalue weighted by atomic mass is 79.9. The fourth-order valence-electron chi connectivity index (χ4n) is 1.65. The Balaban J connectivity index is 2.21. The molecule has 0 spiro atoms. The van der Waals surface area contributed by atoms with Crippen LogP contribution in [0.4, 0.5) is 5.69 Å². The fraction of sp³-hybridized carbons (Fsp3) is 0.231. The summed E-state index contributed by atoms with van der Waals surface area (Å²) in [4.78, 5) is 17.0. The van der Waals surface area contributed by atoms with Gasteiger partial charge in [0.1, 0.15) is 4.88 Å². The first-order chi connectivity index (χ1) is 8.47. The van der Waals surface area contributed by atoms with E-state index < -0.39 is 0 Å². The second kappa shape index (κ2) is 5.20. The Morgan fingerprint density at radius 3 is 2.61 bits per heavy atom. The molecule has 1 aromatic heterocycles. The van der Waals surface area contributed by atoms with Crippen molar-refractivity contribution in [2.45, 2.75) is 20.8 Å². The van der Waals surface area contributed by atoms with Crippen molar-refractivity contribution in [1.29, 1.82) is 0 Å². The number of hydrogen-bond acceptors (Lipinski definition) is 3. The first-order valence-electron chi connectivity index (χ1n) is 5.49. The number of carbonyl (C=O) groups excluding carboxylic acids is 1. The molecule has 0 saturated heterocycles. The minimum Gasteiger partial charge on any atom is -0.321 e. The lowest BCUT2D eigenvalue weighted by atomic mass is 10.2. The Bertz CT molecular complexity index is 607. The van der Waals surface area contributed by atoms with E-state index in [1.165, 1.54) is 11.3 Å². The molecule has 5 heteroatoms. The van der Waals surface area contributed by atoms with Gasteiger partial charge in [-0.1, -0.05) is 15.9 Å². The summed E-state index contributed by atoms with van der Waals surface area (Å²) in [5.74, 6) is -0.0974. The van der Waals surface area contributed by atoms with Gasteiger partial charge in [0.2, 0.25) is 0 Å². The van der Waals surface area contributed by atoms with Gasteiger partial charge in [0, 0.05) is 10.2 Å². The van der Waals surface area contributed by atoms with Crippen LogP contribution >= 0.6 is 27.3 Å². The zero-order valence-electron chi connectivity index (χ0n) is 10.4. The van der Waals surface area contributed by atoms with Gasteiger partial charge >= 0.3 is 0 Å². The van der Waals surface area contributed by atoms with E-state index in [4.69, 9.17) is 0 Å². The summed E-state index contributed by atoms with van der Waals surface area (Å²) < 4.78 is 1.03. The molecule has 94 valence electrons. The van der Waals surface area contributed by atoms with Crippen LogP contribution in [0.1, 0.15) is 25.9 Å². The van der Waals surface area contributed by atoms with E-state index in [9.17, 15) is 4.79 Å². The summed E-state index contributed by atoms with van der Waals surface area (Å²) in [7, 11) is 0. The number of nitrogens with one attached hydrogen (secondary N) is 1. The van der Waals surface area contributed by atoms with Crippen LogP contribution in [0.2, 0.25) is 0 Å². The van der Waals surface area contributed by atoms with E-state index in [2.05, 4.69) is 26.2 Å². The predicted octanol–water partition coefficient (Wildman–Crippen LogP) is 4.08. The minimum atomic E-state index is -0.0974. The average molecular weight is 325 g/mol. The van der Waals surface area contributed by atoms with Gasteiger partial charge in [-0.15, -0.1) is 11.3 Å². The van der Waals surface area contributed by atoms with Crippen molar-refractivity contribution in [3.63, 3.8) is 0 Å². The maximum atomic E-state index is 12.1. The minimum absolute atomic E-state index is 0.0974. The first-order valence-corrected chi connectivity index (χ1v) is 7.10. The molecule has 1 heterocycles. The smallest absolute Gasteiger partial charge is 0.267 e. The van der Waals surface area contributed by atoms with Crippen molar-refractivity contribution < 1.29 is 4.79 Å². The molecule has 1 N–H and O–H groups in total. The Labute approximate surface area is 118 Å². The molecular formula is C13H13BrN2OS. The van der Waals surface area contributed by atoms with Crippen LogP contribution in [0.25, 0.3) is 0 Å². The molecule has 18 heavy (non-hydrogen) atoms. The van der Waals surface area contributed by atoms with E-state index in [0.29, 0.717) is 4.88 Å². The van der Waals surface area contributed by atoms with Gasteiger partial charge in [-0.3, -0.25) is 4.79 Å². The number of anilines is 1. The molecular weight excluding hydrogens is 312 g/mol. The van der Waals surface area contributed by atoms with Crippen LogP contribution < -0.4 is 5.32 Å². The Morgan fingerprint density at radius 1 is 1.33 bits per heavy atom. The molecule has 0 saturated carbocycles. The van der Waals surface area contributed by atoms with E-state index >= 15 is 0 Å². The SMILES string of the molecule is Cc1nc(C)c(C(=O)Nc2ccc(Br)c(C)c2)s1. The van der Waals surface area contributed by atoms with Gasteiger partial charge in [-0.2, -0.15) is 0 Å². The first kappa shape index (κ1) is 13.2. The second-order valence-electron chi connectivity index (χ2n) is 4.07. The van der Waals surface area contributed by atoms with Gasteiger partial charge in [0.05, 0.1) is 10.7 Å². The van der Waals surface area contributed by atoms with Crippen LogP contribution in [-0.4, -0.2) is 10.9 Å². The predicted molar refractivity (Wildman–Crippen MR) is 78.4 cm³/mol. The van der Waals surface area contributed by atoms with Crippen molar-refractivity contribution in [2.75, 3.05) is 5.32 Å². The zero-order valence-corrected chi connectivity index (χ0v) is 12.8. The van der Waals surface area contributed by atoms with Crippen molar-refractivity contribution >= 4 is 38.9 Å². The van der Waals surface area contributed by atoms with Gasteiger partial charge in [-0.05, 0) is 44.5 Å². The van der Waals surface area contributed by atoms with E-state index in [-0.39, 0.29) is 5.91 Å². The molecule has 3 nitrogen and oxygen atoms in total. The van der Waals surface area contributed by atoms with Crippen molar-refractivity contribution in [2.24, 2.45) is 0 Å². The topological polar surface area (TPSA) is 42.0 Å². The molecule has 0 unspecified atom stereocenters. The van der Waals surface area contributed by atoms with Crippen LogP contribution in [0.3, 0.4) is 0 Å². The van der Waals surface area contributed by atoms with Crippen molar-refractivity contribution in [3.05, 3.63) is 43.8 Å². The van der Waals surface area contributed by atoms with Crippen LogP contribution in [-0.2, 0) is 0 Å². The summed E-state index contributed by atoms with van der Waals surface area (Å²) in [5.41, 5.74) is 2.67. The largest absolute Gasteiger partial charge is 0.321 e. The number of halogens is 1. The lowest BCUT2D eigenvalue weighted by Crippen LogP contribution is -2.11. The Hall–Kier alpha value is -1.20. The normalized spacial score (nSPS) is 10.4. The molecule has 2 rings (SSSR count). The van der Waals surface area contributed by atoms with Crippen LogP contribution in [0.15, 0.2) is 22.7 Å². The highest BCUT2D eigenvalue weighted by Gasteiger charge is 2.13. The lowest BCUT2D eigenvalue weighted by Gasteiger charge is -2.06. The highest BCUT2D eigenvalue weighted by molar-refractivity contribution is 9.10. The monoisotopic (exact) mass is 324 g/mol. The summed E-state index contributed by atoms with van der Waals surface area (Å²) in [5, 5.41) is 3.80. The molecule has 0 radical (unpaired) electrons. The summed E-state index contributed by atoms with van der Waals surface area (Å²) in [6, 6.07) is 5.74. The number of nitrogens with zero attached hydrogens (tertiary/aromatic N) is 1. The Kier molecular flexibility index (Phi) is 3.82. The van der Waals surface area contributed by atoms with E-state index in [0.717, 1.165) is 26.4 Å². The summed E-state index contributed by atoms with van der Waals surface area (Å²) in [6.07, 6.45) is 0. The molecule has 0 fully saturated rings. The van der Waals surface area contributed by atoms with E-state index in [1.54, 1.807) is 0 Å². The van der Waals surface area contributed by atoms with Gasteiger partial charge < -0.3 is 5.32 Å². The summed E-state index contributed by atoms with van der Waals surface area (Å²) >= 11 is 4.85. The highest BCUT2D eigenvalue weighted by Crippen LogP contribution is 2.22. The fourth-order valence-corrected chi connectivity index (χ4v) is 2.71. The number of benzene rings is 1. The number of thiazole rings is 1. The standard InChI is InChI=1S/C13H13BrN2OS/c1-7-6-10(4-5-11(7)14)16-13(17)12-8(2)15-9(3)18-12/h4-6H,1-3H3,(H,16,17). The number of aromatic nitrogens is 1. The third-order valence-electron chi connectivity index (χ3n) is 2.53. The molecule has 0 bridgehead atoms. The maximum absolute atomic E-state index is 12.1. The van der Waals surface area contributed by atoms with Crippen molar-refractivity contribution in [3.8, 4) is 0 Å². The number of rotatable bonds is 2. The quantitative estimate of drug-likeness (QED) is 0.904. The van der Waals surface area contributed by atoms with Crippen LogP contribution in [0, 0.1) is 20.8 Å². The lowest BCUT2D eigenvalue weighted by molar-refractivity contribution is 0.103.